The summed E-state index contributed by atoms with van der Waals surface area (Å²) >= 11 is 0. The van der Waals surface area contributed by atoms with E-state index in [4.69, 9.17) is 0 Å². The van der Waals surface area contributed by atoms with Gasteiger partial charge in [0.15, 0.2) is 5.65 Å². The molecular weight excluding hydrogens is 340 g/mol. The minimum atomic E-state index is -0.222. The highest BCUT2D eigenvalue weighted by Crippen LogP contribution is 2.21. The van der Waals surface area contributed by atoms with E-state index in [9.17, 15) is 9.59 Å². The predicted octanol–water partition coefficient (Wildman–Crippen LogP) is 2.55. The number of hydrogen-bond donors (Lipinski definition) is 1. The van der Waals surface area contributed by atoms with Crippen molar-refractivity contribution >= 4 is 16.9 Å². The number of nitrogens with one attached hydrogen (secondary N) is 1. The van der Waals surface area contributed by atoms with Gasteiger partial charge in [0.1, 0.15) is 12.9 Å². The molecule has 1 aliphatic carbocycles. The molecule has 0 fully saturated rings. The van der Waals surface area contributed by atoms with Crippen molar-refractivity contribution in [2.45, 2.75) is 45.2 Å². The van der Waals surface area contributed by atoms with E-state index in [0.29, 0.717) is 11.0 Å². The van der Waals surface area contributed by atoms with Gasteiger partial charge in [-0.2, -0.15) is 0 Å². The molecule has 4 rings (SSSR count). The predicted molar refractivity (Wildman–Crippen MR) is 103 cm³/mol. The molecule has 27 heavy (non-hydrogen) atoms. The molecule has 1 atom stereocenters. The van der Waals surface area contributed by atoms with E-state index in [1.807, 2.05) is 43.3 Å². The van der Waals surface area contributed by atoms with Crippen LogP contribution < -0.4 is 10.9 Å². The van der Waals surface area contributed by atoms with Crippen molar-refractivity contribution in [3.05, 3.63) is 69.9 Å². The molecule has 1 aliphatic rings. The summed E-state index contributed by atoms with van der Waals surface area (Å²) in [6, 6.07) is 11.5. The number of amides is 1. The molecule has 6 nitrogen and oxygen atoms in total. The summed E-state index contributed by atoms with van der Waals surface area (Å²) in [4.78, 5) is 34.1. The summed E-state index contributed by atoms with van der Waals surface area (Å²) in [5, 5.41) is 3.42. The molecule has 0 radical (unpaired) electrons. The maximum absolute atomic E-state index is 12.8. The lowest BCUT2D eigenvalue weighted by molar-refractivity contribution is -0.122. The monoisotopic (exact) mass is 362 g/mol. The summed E-state index contributed by atoms with van der Waals surface area (Å²) in [5.41, 5.74) is 3.45. The lowest BCUT2D eigenvalue weighted by Crippen LogP contribution is -2.34. The topological polar surface area (TPSA) is 76.9 Å². The number of pyridine rings is 1. The zero-order valence-corrected chi connectivity index (χ0v) is 15.3. The van der Waals surface area contributed by atoms with Gasteiger partial charge in [-0.25, -0.2) is 9.97 Å². The van der Waals surface area contributed by atoms with Crippen LogP contribution in [0.1, 0.15) is 42.6 Å². The van der Waals surface area contributed by atoms with Crippen molar-refractivity contribution in [1.29, 1.82) is 0 Å². The zero-order chi connectivity index (χ0) is 18.8. The van der Waals surface area contributed by atoms with Crippen molar-refractivity contribution in [3.63, 3.8) is 0 Å². The van der Waals surface area contributed by atoms with Crippen LogP contribution in [0.2, 0.25) is 0 Å². The van der Waals surface area contributed by atoms with Crippen molar-refractivity contribution in [1.82, 2.24) is 19.9 Å². The van der Waals surface area contributed by atoms with Crippen LogP contribution in [0.4, 0.5) is 0 Å². The molecule has 1 unspecified atom stereocenters. The zero-order valence-electron chi connectivity index (χ0n) is 15.3. The molecule has 0 spiro atoms. The highest BCUT2D eigenvalue weighted by atomic mass is 16.2. The molecule has 2 heterocycles. The van der Waals surface area contributed by atoms with Gasteiger partial charge in [0.2, 0.25) is 5.91 Å². The number of nitrogens with zero attached hydrogens (tertiary/aromatic N) is 3. The van der Waals surface area contributed by atoms with Crippen molar-refractivity contribution in [2.75, 3.05) is 0 Å². The molecule has 138 valence electrons. The quantitative estimate of drug-likeness (QED) is 0.774. The van der Waals surface area contributed by atoms with Gasteiger partial charge in [0.05, 0.1) is 11.4 Å². The highest BCUT2D eigenvalue weighted by Gasteiger charge is 2.16. The van der Waals surface area contributed by atoms with Gasteiger partial charge < -0.3 is 5.32 Å². The number of carbonyl (C=O) groups is 1. The summed E-state index contributed by atoms with van der Waals surface area (Å²) in [6.07, 6.45) is 5.55. The largest absolute Gasteiger partial charge is 0.348 e. The second-order valence-electron chi connectivity index (χ2n) is 7.05. The van der Waals surface area contributed by atoms with Gasteiger partial charge in [-0.3, -0.25) is 14.2 Å². The molecule has 0 aliphatic heterocycles. The fourth-order valence-electron chi connectivity index (χ4n) is 3.59. The average molecular weight is 362 g/mol. The summed E-state index contributed by atoms with van der Waals surface area (Å²) in [7, 11) is 0. The molecule has 2 aromatic heterocycles. The summed E-state index contributed by atoms with van der Waals surface area (Å²) in [5.74, 6) is -0.222. The first kappa shape index (κ1) is 17.4. The summed E-state index contributed by atoms with van der Waals surface area (Å²) < 4.78 is 1.35. The molecule has 3 aromatic rings. The molecule has 1 N–H and O–H groups in total. The molecule has 0 saturated heterocycles. The van der Waals surface area contributed by atoms with E-state index in [1.54, 1.807) is 0 Å². The normalized spacial score (nSPS) is 14.6. The van der Waals surface area contributed by atoms with Crippen LogP contribution >= 0.6 is 0 Å². The van der Waals surface area contributed by atoms with Crippen LogP contribution in [-0.2, 0) is 24.2 Å². The lowest BCUT2D eigenvalue weighted by Gasteiger charge is -2.16. The Hall–Kier alpha value is -3.02. The van der Waals surface area contributed by atoms with E-state index in [2.05, 4.69) is 15.3 Å². The number of aromatic nitrogens is 3. The smallest absolute Gasteiger partial charge is 0.263 e. The highest BCUT2D eigenvalue weighted by molar-refractivity contribution is 5.78. The molecule has 6 heteroatoms. The fraction of sp³-hybridized carbons (Fsp3) is 0.333. The van der Waals surface area contributed by atoms with Gasteiger partial charge >= 0.3 is 0 Å². The van der Waals surface area contributed by atoms with Crippen molar-refractivity contribution in [3.8, 4) is 0 Å². The standard InChI is InChI=1S/C21H22N4O2/c1-14(15-7-3-2-4-8-15)23-19(26)12-25-13-22-20-17(21(25)27)11-16-9-5-6-10-18(16)24-20/h2-4,7-8,11,13-14H,5-6,9-10,12H2,1H3,(H,23,26). The van der Waals surface area contributed by atoms with Crippen molar-refractivity contribution in [2.24, 2.45) is 0 Å². The van der Waals surface area contributed by atoms with Crippen LogP contribution in [0, 0.1) is 0 Å². The van der Waals surface area contributed by atoms with Gasteiger partial charge in [-0.1, -0.05) is 30.3 Å². The van der Waals surface area contributed by atoms with E-state index in [1.165, 1.54) is 10.9 Å². The molecule has 1 aromatic carbocycles. The Morgan fingerprint density at radius 2 is 2.00 bits per heavy atom. The number of aryl methyl sites for hydroxylation is 2. The maximum Gasteiger partial charge on any atom is 0.263 e. The first-order chi connectivity index (χ1) is 13.1. The Morgan fingerprint density at radius 1 is 1.22 bits per heavy atom. The Kier molecular flexibility index (Phi) is 4.71. The van der Waals surface area contributed by atoms with Crippen LogP contribution in [0.15, 0.2) is 47.5 Å². The van der Waals surface area contributed by atoms with Crippen LogP contribution in [-0.4, -0.2) is 20.4 Å². The number of hydrogen-bond acceptors (Lipinski definition) is 4. The Labute approximate surface area is 157 Å². The minimum Gasteiger partial charge on any atom is -0.348 e. The first-order valence-electron chi connectivity index (χ1n) is 9.34. The molecule has 1 amide bonds. The number of carbonyl (C=O) groups excluding carboxylic acids is 1. The second-order valence-corrected chi connectivity index (χ2v) is 7.05. The number of benzene rings is 1. The first-order valence-corrected chi connectivity index (χ1v) is 9.34. The lowest BCUT2D eigenvalue weighted by atomic mass is 9.95. The minimum absolute atomic E-state index is 0.0595. The van der Waals surface area contributed by atoms with Gasteiger partial charge in [-0.15, -0.1) is 0 Å². The molecule has 0 bridgehead atoms. The van der Waals surface area contributed by atoms with Crippen LogP contribution in [0.25, 0.3) is 11.0 Å². The van der Waals surface area contributed by atoms with Gasteiger partial charge in [0, 0.05) is 5.69 Å². The third-order valence-electron chi connectivity index (χ3n) is 5.08. The van der Waals surface area contributed by atoms with Crippen molar-refractivity contribution < 1.29 is 4.79 Å². The Morgan fingerprint density at radius 3 is 2.81 bits per heavy atom. The third-order valence-corrected chi connectivity index (χ3v) is 5.08. The van der Waals surface area contributed by atoms with E-state index in [0.717, 1.165) is 42.5 Å². The average Bonchev–Trinajstić information content (AvgIpc) is 2.69. The fourth-order valence-corrected chi connectivity index (χ4v) is 3.59. The number of rotatable bonds is 4. The number of fused-ring (bicyclic) bond motifs is 2. The molecule has 0 saturated carbocycles. The van der Waals surface area contributed by atoms with E-state index >= 15 is 0 Å². The summed E-state index contributed by atoms with van der Waals surface area (Å²) in [6.45, 7) is 1.86. The maximum atomic E-state index is 12.8. The van der Waals surface area contributed by atoms with Crippen LogP contribution in [0.5, 0.6) is 0 Å². The van der Waals surface area contributed by atoms with E-state index < -0.39 is 0 Å². The Balaban J connectivity index is 1.56. The Bertz CT molecular complexity index is 1040. The van der Waals surface area contributed by atoms with Crippen LogP contribution in [0.3, 0.4) is 0 Å². The third kappa shape index (κ3) is 3.60. The van der Waals surface area contributed by atoms with Gasteiger partial charge in [0.25, 0.3) is 5.56 Å². The second kappa shape index (κ2) is 7.31. The molecular formula is C21H22N4O2. The van der Waals surface area contributed by atoms with E-state index in [-0.39, 0.29) is 24.1 Å². The SMILES string of the molecule is CC(NC(=O)Cn1cnc2nc3c(cc2c1=O)CCCC3)c1ccccc1. The van der Waals surface area contributed by atoms with Gasteiger partial charge in [-0.05, 0) is 49.8 Å².